The third kappa shape index (κ3) is 4.66. The summed E-state index contributed by atoms with van der Waals surface area (Å²) in [5.74, 6) is -1.67. The van der Waals surface area contributed by atoms with E-state index in [1.807, 2.05) is 0 Å². The lowest BCUT2D eigenvalue weighted by molar-refractivity contribution is -0.136. The molecule has 1 fully saturated rings. The highest BCUT2D eigenvalue weighted by molar-refractivity contribution is 6.24. The second-order valence-corrected chi connectivity index (χ2v) is 7.60. The van der Waals surface area contributed by atoms with Crippen LogP contribution < -0.4 is 10.1 Å². The van der Waals surface area contributed by atoms with E-state index in [2.05, 4.69) is 12.2 Å². The quantitative estimate of drug-likeness (QED) is 0.481. The van der Waals surface area contributed by atoms with E-state index in [1.54, 1.807) is 18.2 Å². The van der Waals surface area contributed by atoms with Crippen molar-refractivity contribution in [2.75, 3.05) is 6.61 Å². The van der Waals surface area contributed by atoms with Gasteiger partial charge in [-0.05, 0) is 25.0 Å². The molecule has 0 spiro atoms. The number of nitrogens with one attached hydrogen (secondary N) is 1. The van der Waals surface area contributed by atoms with Crippen molar-refractivity contribution in [2.45, 2.75) is 70.8 Å². The fourth-order valence-corrected chi connectivity index (χ4v) is 3.85. The van der Waals surface area contributed by atoms with Gasteiger partial charge in [-0.3, -0.25) is 29.4 Å². The van der Waals surface area contributed by atoms with Gasteiger partial charge in [0.1, 0.15) is 11.8 Å². The summed E-state index contributed by atoms with van der Waals surface area (Å²) in [4.78, 5) is 50.2. The molecule has 0 bridgehead atoms. The standard InChI is InChI=1S/C22H28N2O5/c1-2-3-4-5-6-7-8-14-29-17-11-9-10-15-19(17)22(28)24(21(15)27)16-12-13-18(25)23-20(16)26/h9-11,16H,2-8,12-14H2,1H3,(H,23,25,26). The molecule has 2 aliphatic heterocycles. The summed E-state index contributed by atoms with van der Waals surface area (Å²) in [6.07, 6.45) is 8.34. The lowest BCUT2D eigenvalue weighted by Crippen LogP contribution is -2.54. The number of carbonyl (C=O) groups excluding carboxylic acids is 4. The molecule has 3 rings (SSSR count). The lowest BCUT2D eigenvalue weighted by Gasteiger charge is -2.27. The Morgan fingerprint density at radius 2 is 1.72 bits per heavy atom. The van der Waals surface area contributed by atoms with Crippen LogP contribution in [0, 0.1) is 0 Å². The number of nitrogens with zero attached hydrogens (tertiary/aromatic N) is 1. The average molecular weight is 400 g/mol. The minimum atomic E-state index is -0.962. The Morgan fingerprint density at radius 3 is 2.45 bits per heavy atom. The van der Waals surface area contributed by atoms with Gasteiger partial charge in [0.05, 0.1) is 17.7 Å². The number of piperidine rings is 1. The van der Waals surface area contributed by atoms with Gasteiger partial charge in [-0.2, -0.15) is 0 Å². The van der Waals surface area contributed by atoms with Crippen LogP contribution in [0.3, 0.4) is 0 Å². The highest BCUT2D eigenvalue weighted by atomic mass is 16.5. The largest absolute Gasteiger partial charge is 0.493 e. The Hall–Kier alpha value is -2.70. The highest BCUT2D eigenvalue weighted by Crippen LogP contribution is 2.33. The molecule has 1 aromatic carbocycles. The molecule has 0 radical (unpaired) electrons. The first kappa shape index (κ1) is 21.0. The molecule has 7 heteroatoms. The summed E-state index contributed by atoms with van der Waals surface area (Å²) in [6, 6.07) is 3.97. The van der Waals surface area contributed by atoms with Crippen LogP contribution in [0.25, 0.3) is 0 Å². The smallest absolute Gasteiger partial charge is 0.266 e. The Labute approximate surface area is 170 Å². The first-order valence-electron chi connectivity index (χ1n) is 10.5. The predicted molar refractivity (Wildman–Crippen MR) is 107 cm³/mol. The van der Waals surface area contributed by atoms with Gasteiger partial charge in [0, 0.05) is 6.42 Å². The fraction of sp³-hybridized carbons (Fsp3) is 0.545. The molecule has 0 saturated carbocycles. The average Bonchev–Trinajstić information content (AvgIpc) is 2.95. The van der Waals surface area contributed by atoms with Crippen LogP contribution >= 0.6 is 0 Å². The molecular weight excluding hydrogens is 372 g/mol. The maximum atomic E-state index is 13.0. The molecule has 0 aliphatic carbocycles. The molecule has 29 heavy (non-hydrogen) atoms. The highest BCUT2D eigenvalue weighted by Gasteiger charge is 2.45. The van der Waals surface area contributed by atoms with Gasteiger partial charge in [0.2, 0.25) is 11.8 Å². The van der Waals surface area contributed by atoms with Gasteiger partial charge in [-0.1, -0.05) is 51.5 Å². The number of imide groups is 2. The lowest BCUT2D eigenvalue weighted by atomic mass is 10.0. The molecule has 1 aromatic rings. The van der Waals surface area contributed by atoms with E-state index in [9.17, 15) is 19.2 Å². The van der Waals surface area contributed by atoms with Crippen molar-refractivity contribution in [1.82, 2.24) is 10.2 Å². The second-order valence-electron chi connectivity index (χ2n) is 7.60. The van der Waals surface area contributed by atoms with Gasteiger partial charge >= 0.3 is 0 Å². The third-order valence-corrected chi connectivity index (χ3v) is 5.44. The monoisotopic (exact) mass is 400 g/mol. The molecule has 4 amide bonds. The van der Waals surface area contributed by atoms with Gasteiger partial charge in [0.25, 0.3) is 11.8 Å². The number of hydrogen-bond acceptors (Lipinski definition) is 5. The van der Waals surface area contributed by atoms with Gasteiger partial charge in [-0.25, -0.2) is 0 Å². The molecule has 1 saturated heterocycles. The molecule has 1 N–H and O–H groups in total. The van der Waals surface area contributed by atoms with E-state index in [4.69, 9.17) is 4.74 Å². The van der Waals surface area contributed by atoms with Crippen molar-refractivity contribution in [3.05, 3.63) is 29.3 Å². The summed E-state index contributed by atoms with van der Waals surface area (Å²) in [7, 11) is 0. The van der Waals surface area contributed by atoms with E-state index in [0.29, 0.717) is 12.4 Å². The zero-order chi connectivity index (χ0) is 20.8. The Morgan fingerprint density at radius 1 is 1.00 bits per heavy atom. The van der Waals surface area contributed by atoms with Crippen LogP contribution in [0.1, 0.15) is 85.4 Å². The van der Waals surface area contributed by atoms with E-state index in [-0.39, 0.29) is 29.9 Å². The van der Waals surface area contributed by atoms with E-state index < -0.39 is 23.8 Å². The van der Waals surface area contributed by atoms with E-state index in [1.165, 1.54) is 25.7 Å². The number of fused-ring (bicyclic) bond motifs is 1. The number of carbonyl (C=O) groups is 4. The molecule has 1 unspecified atom stereocenters. The molecule has 2 aliphatic rings. The van der Waals surface area contributed by atoms with Crippen LogP contribution in [-0.4, -0.2) is 41.2 Å². The Kier molecular flexibility index (Phi) is 7.01. The Balaban J connectivity index is 1.61. The topological polar surface area (TPSA) is 92.8 Å². The summed E-state index contributed by atoms with van der Waals surface area (Å²) >= 11 is 0. The number of rotatable bonds is 10. The van der Waals surface area contributed by atoms with Crippen LogP contribution in [0.4, 0.5) is 0 Å². The van der Waals surface area contributed by atoms with E-state index in [0.717, 1.165) is 24.2 Å². The number of benzene rings is 1. The predicted octanol–water partition coefficient (Wildman–Crippen LogP) is 3.22. The van der Waals surface area contributed by atoms with E-state index >= 15 is 0 Å². The molecule has 0 aromatic heterocycles. The summed E-state index contributed by atoms with van der Waals surface area (Å²) < 4.78 is 5.82. The normalized spacial score (nSPS) is 18.8. The number of hydrogen-bond donors (Lipinski definition) is 1. The first-order valence-corrected chi connectivity index (χ1v) is 10.5. The minimum Gasteiger partial charge on any atom is -0.493 e. The van der Waals surface area contributed by atoms with Crippen molar-refractivity contribution in [1.29, 1.82) is 0 Å². The van der Waals surface area contributed by atoms with Crippen molar-refractivity contribution < 1.29 is 23.9 Å². The summed E-state index contributed by atoms with van der Waals surface area (Å²) in [6.45, 7) is 2.67. The molecule has 2 heterocycles. The maximum absolute atomic E-state index is 13.0. The van der Waals surface area contributed by atoms with Crippen LogP contribution in [0.2, 0.25) is 0 Å². The van der Waals surface area contributed by atoms with Crippen LogP contribution in [-0.2, 0) is 9.59 Å². The van der Waals surface area contributed by atoms with Crippen LogP contribution in [0.15, 0.2) is 18.2 Å². The summed E-state index contributed by atoms with van der Waals surface area (Å²) in [5, 5.41) is 2.20. The zero-order valence-corrected chi connectivity index (χ0v) is 16.9. The third-order valence-electron chi connectivity index (χ3n) is 5.44. The summed E-state index contributed by atoms with van der Waals surface area (Å²) in [5.41, 5.74) is 0.460. The molecular formula is C22H28N2O5. The van der Waals surface area contributed by atoms with Gasteiger partial charge < -0.3 is 4.74 Å². The second kappa shape index (κ2) is 9.67. The molecule has 7 nitrogen and oxygen atoms in total. The van der Waals surface area contributed by atoms with Gasteiger partial charge in [0.15, 0.2) is 0 Å². The van der Waals surface area contributed by atoms with Crippen LogP contribution in [0.5, 0.6) is 5.75 Å². The number of unbranched alkanes of at least 4 members (excludes halogenated alkanes) is 6. The van der Waals surface area contributed by atoms with Crippen molar-refractivity contribution in [3.63, 3.8) is 0 Å². The molecule has 1 atom stereocenters. The SMILES string of the molecule is CCCCCCCCCOc1cccc2c1C(=O)N(C1CCC(=O)NC1=O)C2=O. The number of amides is 4. The van der Waals surface area contributed by atoms with Gasteiger partial charge in [-0.15, -0.1) is 0 Å². The zero-order valence-electron chi connectivity index (χ0n) is 16.9. The fourth-order valence-electron chi connectivity index (χ4n) is 3.85. The Bertz CT molecular complexity index is 804. The number of ether oxygens (including phenoxy) is 1. The first-order chi connectivity index (χ1) is 14.0. The minimum absolute atomic E-state index is 0.103. The molecule has 156 valence electrons. The van der Waals surface area contributed by atoms with Crippen molar-refractivity contribution in [2.24, 2.45) is 0 Å². The van der Waals surface area contributed by atoms with Crippen molar-refractivity contribution >= 4 is 23.6 Å². The van der Waals surface area contributed by atoms with Crippen molar-refractivity contribution in [3.8, 4) is 5.75 Å². The maximum Gasteiger partial charge on any atom is 0.266 e.